The summed E-state index contributed by atoms with van der Waals surface area (Å²) in [5.74, 6) is 0.507. The highest BCUT2D eigenvalue weighted by Gasteiger charge is 2.11. The van der Waals surface area contributed by atoms with Crippen molar-refractivity contribution in [2.24, 2.45) is 0 Å². The van der Waals surface area contributed by atoms with Gasteiger partial charge in [-0.1, -0.05) is 30.3 Å². The van der Waals surface area contributed by atoms with E-state index in [-0.39, 0.29) is 5.78 Å². The van der Waals surface area contributed by atoms with E-state index in [1.54, 1.807) is 19.2 Å². The molecule has 1 aromatic carbocycles. The molecule has 0 aliphatic rings. The Kier molecular flexibility index (Phi) is 3.19. The lowest BCUT2D eigenvalue weighted by Gasteiger charge is -2.08. The molecule has 17 heavy (non-hydrogen) atoms. The van der Waals surface area contributed by atoms with Crippen molar-refractivity contribution in [3.05, 3.63) is 48.0 Å². The predicted molar refractivity (Wildman–Crippen MR) is 66.2 cm³/mol. The first kappa shape index (κ1) is 11.3. The molecule has 0 aliphatic heterocycles. The van der Waals surface area contributed by atoms with Gasteiger partial charge >= 0.3 is 0 Å². The average molecular weight is 227 g/mol. The van der Waals surface area contributed by atoms with Crippen LogP contribution in [0.5, 0.6) is 5.88 Å². The van der Waals surface area contributed by atoms with E-state index in [0.717, 1.165) is 5.56 Å². The monoisotopic (exact) mass is 227 g/mol. The minimum Gasteiger partial charge on any atom is -0.481 e. The first-order chi connectivity index (χ1) is 8.22. The van der Waals surface area contributed by atoms with Gasteiger partial charge in [0.15, 0.2) is 5.78 Å². The molecule has 0 amide bonds. The van der Waals surface area contributed by atoms with Crippen LogP contribution in [0.3, 0.4) is 0 Å². The highest BCUT2D eigenvalue weighted by Crippen LogP contribution is 2.24. The van der Waals surface area contributed by atoms with E-state index < -0.39 is 0 Å². The van der Waals surface area contributed by atoms with Crippen LogP contribution in [0.2, 0.25) is 0 Å². The van der Waals surface area contributed by atoms with E-state index in [2.05, 4.69) is 4.98 Å². The zero-order chi connectivity index (χ0) is 12.3. The normalized spacial score (nSPS) is 10.0. The van der Waals surface area contributed by atoms with Crippen LogP contribution in [0.1, 0.15) is 17.3 Å². The maximum Gasteiger partial charge on any atom is 0.213 e. The standard InChI is InChI=1S/C14H13NO2/c1-10(16)12-8-9-13(17-2)15-14(12)11-6-4-3-5-7-11/h3-9H,1-2H3. The Labute approximate surface area is 100 Å². The molecule has 3 nitrogen and oxygen atoms in total. The summed E-state index contributed by atoms with van der Waals surface area (Å²) in [4.78, 5) is 15.9. The third-order valence-electron chi connectivity index (χ3n) is 2.51. The maximum atomic E-state index is 11.6. The van der Waals surface area contributed by atoms with Crippen LogP contribution in [0.25, 0.3) is 11.3 Å². The molecule has 3 heteroatoms. The number of hydrogen-bond acceptors (Lipinski definition) is 3. The summed E-state index contributed by atoms with van der Waals surface area (Å²) in [6, 6.07) is 13.1. The number of ether oxygens (including phenoxy) is 1. The molecule has 0 bridgehead atoms. The largest absolute Gasteiger partial charge is 0.481 e. The quantitative estimate of drug-likeness (QED) is 0.757. The lowest BCUT2D eigenvalue weighted by molar-refractivity contribution is 0.101. The van der Waals surface area contributed by atoms with Crippen molar-refractivity contribution in [3.8, 4) is 17.1 Å². The van der Waals surface area contributed by atoms with Gasteiger partial charge in [-0.25, -0.2) is 4.98 Å². The molecule has 2 rings (SSSR count). The van der Waals surface area contributed by atoms with Gasteiger partial charge in [0, 0.05) is 17.2 Å². The topological polar surface area (TPSA) is 39.2 Å². The number of methoxy groups -OCH3 is 1. The first-order valence-electron chi connectivity index (χ1n) is 5.34. The van der Waals surface area contributed by atoms with E-state index in [4.69, 9.17) is 4.74 Å². The van der Waals surface area contributed by atoms with Gasteiger partial charge in [0.25, 0.3) is 0 Å². The zero-order valence-electron chi connectivity index (χ0n) is 9.81. The number of rotatable bonds is 3. The fourth-order valence-corrected chi connectivity index (χ4v) is 1.66. The van der Waals surface area contributed by atoms with Crippen molar-refractivity contribution in [2.45, 2.75) is 6.92 Å². The molecule has 0 saturated heterocycles. The summed E-state index contributed by atoms with van der Waals surface area (Å²) in [6.45, 7) is 1.54. The molecule has 0 saturated carbocycles. The first-order valence-corrected chi connectivity index (χ1v) is 5.34. The Balaban J connectivity index is 2.61. The molecule has 0 N–H and O–H groups in total. The van der Waals surface area contributed by atoms with Crippen molar-refractivity contribution in [1.82, 2.24) is 4.98 Å². The number of aromatic nitrogens is 1. The second kappa shape index (κ2) is 4.78. The van der Waals surface area contributed by atoms with E-state index in [9.17, 15) is 4.79 Å². The third kappa shape index (κ3) is 2.33. The fraction of sp³-hybridized carbons (Fsp3) is 0.143. The van der Waals surface area contributed by atoms with Gasteiger partial charge in [-0.3, -0.25) is 4.79 Å². The van der Waals surface area contributed by atoms with E-state index in [0.29, 0.717) is 17.1 Å². The Hall–Kier alpha value is -2.16. The van der Waals surface area contributed by atoms with Gasteiger partial charge in [0.1, 0.15) is 0 Å². The van der Waals surface area contributed by atoms with Crippen LogP contribution < -0.4 is 4.74 Å². The Morgan fingerprint density at radius 3 is 2.41 bits per heavy atom. The number of ketones is 1. The number of hydrogen-bond donors (Lipinski definition) is 0. The highest BCUT2D eigenvalue weighted by atomic mass is 16.5. The molecule has 86 valence electrons. The number of carbonyl (C=O) groups excluding carboxylic acids is 1. The third-order valence-corrected chi connectivity index (χ3v) is 2.51. The van der Waals surface area contributed by atoms with Gasteiger partial charge in [-0.2, -0.15) is 0 Å². The fourth-order valence-electron chi connectivity index (χ4n) is 1.66. The molecule has 2 aromatic rings. The Bertz CT molecular complexity index is 535. The number of nitrogens with zero attached hydrogens (tertiary/aromatic N) is 1. The van der Waals surface area contributed by atoms with Crippen molar-refractivity contribution in [3.63, 3.8) is 0 Å². The van der Waals surface area contributed by atoms with Crippen molar-refractivity contribution >= 4 is 5.78 Å². The Morgan fingerprint density at radius 2 is 1.82 bits per heavy atom. The molecule has 0 unspecified atom stereocenters. The lowest BCUT2D eigenvalue weighted by atomic mass is 10.0. The smallest absolute Gasteiger partial charge is 0.213 e. The summed E-state index contributed by atoms with van der Waals surface area (Å²) < 4.78 is 5.09. The molecular weight excluding hydrogens is 214 g/mol. The second-order valence-corrected chi connectivity index (χ2v) is 3.67. The average Bonchev–Trinajstić information content (AvgIpc) is 2.39. The maximum absolute atomic E-state index is 11.6. The second-order valence-electron chi connectivity index (χ2n) is 3.67. The molecule has 0 radical (unpaired) electrons. The molecule has 1 heterocycles. The van der Waals surface area contributed by atoms with Crippen LogP contribution in [0, 0.1) is 0 Å². The molecule has 0 fully saturated rings. The van der Waals surface area contributed by atoms with Crippen molar-refractivity contribution in [1.29, 1.82) is 0 Å². The minimum atomic E-state index is -0.000920. The van der Waals surface area contributed by atoms with Gasteiger partial charge in [-0.05, 0) is 13.0 Å². The summed E-state index contributed by atoms with van der Waals surface area (Å²) in [5.41, 5.74) is 2.19. The SMILES string of the molecule is COc1ccc(C(C)=O)c(-c2ccccc2)n1. The van der Waals surface area contributed by atoms with Crippen molar-refractivity contribution in [2.75, 3.05) is 7.11 Å². The van der Waals surface area contributed by atoms with Gasteiger partial charge < -0.3 is 4.74 Å². The lowest BCUT2D eigenvalue weighted by Crippen LogP contribution is -2.00. The number of pyridine rings is 1. The molecule has 1 aromatic heterocycles. The van der Waals surface area contributed by atoms with Crippen LogP contribution in [-0.2, 0) is 0 Å². The molecule has 0 spiro atoms. The van der Waals surface area contributed by atoms with Crippen LogP contribution in [0.4, 0.5) is 0 Å². The number of benzene rings is 1. The van der Waals surface area contributed by atoms with E-state index in [1.165, 1.54) is 6.92 Å². The minimum absolute atomic E-state index is 0.000920. The zero-order valence-corrected chi connectivity index (χ0v) is 9.81. The number of carbonyl (C=O) groups is 1. The van der Waals surface area contributed by atoms with Gasteiger partial charge in [0.05, 0.1) is 12.8 Å². The Morgan fingerprint density at radius 1 is 1.12 bits per heavy atom. The van der Waals surface area contributed by atoms with Crippen molar-refractivity contribution < 1.29 is 9.53 Å². The van der Waals surface area contributed by atoms with Crippen LogP contribution in [-0.4, -0.2) is 17.9 Å². The van der Waals surface area contributed by atoms with Crippen LogP contribution >= 0.6 is 0 Å². The summed E-state index contributed by atoms with van der Waals surface area (Å²) in [6.07, 6.45) is 0. The summed E-state index contributed by atoms with van der Waals surface area (Å²) in [7, 11) is 1.56. The molecular formula is C14H13NO2. The molecule has 0 atom stereocenters. The summed E-state index contributed by atoms with van der Waals surface area (Å²) in [5, 5.41) is 0. The van der Waals surface area contributed by atoms with Crippen LogP contribution in [0.15, 0.2) is 42.5 Å². The summed E-state index contributed by atoms with van der Waals surface area (Å²) >= 11 is 0. The van der Waals surface area contributed by atoms with Gasteiger partial charge in [-0.15, -0.1) is 0 Å². The van der Waals surface area contributed by atoms with E-state index in [1.807, 2.05) is 30.3 Å². The predicted octanol–water partition coefficient (Wildman–Crippen LogP) is 2.96. The van der Waals surface area contributed by atoms with Gasteiger partial charge in [0.2, 0.25) is 5.88 Å². The highest BCUT2D eigenvalue weighted by molar-refractivity contribution is 5.99. The molecule has 0 aliphatic carbocycles. The van der Waals surface area contributed by atoms with E-state index >= 15 is 0 Å². The number of Topliss-reactive ketones (excluding diaryl/α,β-unsaturated/α-hetero) is 1.